The van der Waals surface area contributed by atoms with E-state index >= 15 is 0 Å². The van der Waals surface area contributed by atoms with Crippen LogP contribution in [0.4, 0.5) is 13.2 Å². The highest BCUT2D eigenvalue weighted by atomic mass is 19.4. The number of amides is 1. The fourth-order valence-corrected chi connectivity index (χ4v) is 4.68. The lowest BCUT2D eigenvalue weighted by Gasteiger charge is -2.31. The Morgan fingerprint density at radius 1 is 0.949 bits per heavy atom. The second kappa shape index (κ2) is 12.4. The zero-order valence-electron chi connectivity index (χ0n) is 21.8. The summed E-state index contributed by atoms with van der Waals surface area (Å²) >= 11 is 0. The number of carbonyl (C=O) groups excluding carboxylic acids is 1. The lowest BCUT2D eigenvalue weighted by Crippen LogP contribution is -2.37. The first-order chi connectivity index (χ1) is 18.6. The van der Waals surface area contributed by atoms with Crippen molar-refractivity contribution in [1.82, 2.24) is 4.90 Å². The van der Waals surface area contributed by atoms with E-state index in [1.165, 1.54) is 6.07 Å². The van der Waals surface area contributed by atoms with Gasteiger partial charge in [-0.1, -0.05) is 42.5 Å². The Labute approximate surface area is 227 Å². The molecule has 0 bridgehead atoms. The molecule has 3 aromatic carbocycles. The number of carboxylic acids is 1. The minimum atomic E-state index is -4.42. The van der Waals surface area contributed by atoms with Crippen molar-refractivity contribution in [3.05, 3.63) is 89.5 Å². The summed E-state index contributed by atoms with van der Waals surface area (Å²) in [5, 5.41) is 8.78. The van der Waals surface area contributed by atoms with E-state index in [0.717, 1.165) is 43.4 Å². The lowest BCUT2D eigenvalue weighted by atomic mass is 9.86. The highest BCUT2D eigenvalue weighted by Crippen LogP contribution is 2.38. The summed E-state index contributed by atoms with van der Waals surface area (Å²) in [6.07, 6.45) is -0.365. The van der Waals surface area contributed by atoms with Crippen LogP contribution in [0.25, 0.3) is 11.1 Å². The number of alkyl halides is 3. The van der Waals surface area contributed by atoms with Crippen molar-refractivity contribution in [2.75, 3.05) is 6.61 Å². The van der Waals surface area contributed by atoms with Crippen molar-refractivity contribution in [1.29, 1.82) is 0 Å². The zero-order chi connectivity index (χ0) is 28.0. The van der Waals surface area contributed by atoms with E-state index in [1.807, 2.05) is 37.0 Å². The largest absolute Gasteiger partial charge is 0.493 e. The summed E-state index contributed by atoms with van der Waals surface area (Å²) in [6, 6.07) is 19.6. The number of carboxylic acid groups (broad SMARTS) is 1. The second-order valence-electron chi connectivity index (χ2n) is 9.87. The number of unbranched alkanes of at least 4 members (excludes halogenated alkanes) is 2. The summed E-state index contributed by atoms with van der Waals surface area (Å²) < 4.78 is 45.4. The molecule has 1 fully saturated rings. The minimum absolute atomic E-state index is 0.111. The van der Waals surface area contributed by atoms with E-state index < -0.39 is 17.7 Å². The number of aliphatic carboxylic acids is 1. The molecule has 1 amide bonds. The van der Waals surface area contributed by atoms with Gasteiger partial charge in [0.25, 0.3) is 5.91 Å². The third-order valence-corrected chi connectivity index (χ3v) is 6.91. The number of carbonyl (C=O) groups is 2. The first-order valence-corrected chi connectivity index (χ1v) is 13.2. The van der Waals surface area contributed by atoms with Gasteiger partial charge < -0.3 is 14.7 Å². The summed E-state index contributed by atoms with van der Waals surface area (Å²) in [5.74, 6) is -0.493. The molecule has 1 aliphatic carbocycles. The lowest BCUT2D eigenvalue weighted by molar-refractivity contribution is -0.138. The number of para-hydroxylation sites is 1. The normalized spacial score (nSPS) is 14.0. The number of hydrogen-bond donors (Lipinski definition) is 1. The van der Waals surface area contributed by atoms with E-state index in [-0.39, 0.29) is 24.3 Å². The van der Waals surface area contributed by atoms with E-state index in [0.29, 0.717) is 35.5 Å². The van der Waals surface area contributed by atoms with Crippen LogP contribution >= 0.6 is 0 Å². The predicted octanol–water partition coefficient (Wildman–Crippen LogP) is 6.33. The Kier molecular flexibility index (Phi) is 8.99. The third-order valence-electron chi connectivity index (χ3n) is 6.91. The molecule has 0 radical (unpaired) electrons. The topological polar surface area (TPSA) is 66.8 Å². The number of ether oxygens (including phenoxy) is 1. The maximum Gasteiger partial charge on any atom is 0.416 e. The monoisotopic (exact) mass is 537 g/mol. The average molecular weight is 537 g/mol. The molecule has 1 saturated carbocycles. The molecule has 204 valence electrons. The van der Waals surface area contributed by atoms with Gasteiger partial charge in [-0.15, -0.1) is 0 Å². The smallest absolute Gasteiger partial charge is 0.416 e. The number of benzene rings is 3. The van der Waals surface area contributed by atoms with Crippen LogP contribution in [0.15, 0.2) is 72.8 Å². The van der Waals surface area contributed by atoms with Crippen LogP contribution in [-0.2, 0) is 11.0 Å². The second-order valence-corrected chi connectivity index (χ2v) is 9.87. The SMILES string of the molecule is BC(c1ccccc1OCCCCCC(=O)O)N(C(=O)c1ccc(-c2cccc(C(F)(F)F)c2)cc1)C1CC1. The van der Waals surface area contributed by atoms with Crippen LogP contribution in [0.3, 0.4) is 0 Å². The van der Waals surface area contributed by atoms with Gasteiger partial charge in [0.05, 0.1) is 12.2 Å². The molecule has 9 heteroatoms. The Morgan fingerprint density at radius 3 is 2.33 bits per heavy atom. The Balaban J connectivity index is 1.47. The molecule has 0 aliphatic heterocycles. The van der Waals surface area contributed by atoms with E-state index in [4.69, 9.17) is 9.84 Å². The standard InChI is InChI=1S/C30H31BF3NO4/c31-28(25-9-3-4-10-26(25)39-18-5-1-2-11-27(36)37)35(24-16-17-24)29(38)21-14-12-20(13-15-21)22-7-6-8-23(19-22)30(32,33)34/h3-4,6-10,12-15,19,24,28H,1-2,5,11,16-18,31H2,(H,36,37). The van der Waals surface area contributed by atoms with Gasteiger partial charge in [-0.05, 0) is 73.6 Å². The molecule has 3 aromatic rings. The molecule has 0 spiro atoms. The molecule has 0 aromatic heterocycles. The number of hydrogen-bond acceptors (Lipinski definition) is 3. The van der Waals surface area contributed by atoms with Crippen molar-refractivity contribution in [3.63, 3.8) is 0 Å². The summed E-state index contributed by atoms with van der Waals surface area (Å²) in [5.41, 5.74) is 1.69. The van der Waals surface area contributed by atoms with Gasteiger partial charge in [-0.2, -0.15) is 13.2 Å². The highest BCUT2D eigenvalue weighted by molar-refractivity contribution is 6.14. The molecule has 0 saturated heterocycles. The van der Waals surface area contributed by atoms with E-state index in [9.17, 15) is 22.8 Å². The predicted molar refractivity (Wildman–Crippen MR) is 145 cm³/mol. The summed E-state index contributed by atoms with van der Waals surface area (Å²) in [7, 11) is 1.97. The molecular formula is C30H31BF3NO4. The van der Waals surface area contributed by atoms with Crippen LogP contribution in [0.5, 0.6) is 5.75 Å². The molecule has 1 atom stereocenters. The number of halogens is 3. The third kappa shape index (κ3) is 7.43. The Hall–Kier alpha value is -3.75. The van der Waals surface area contributed by atoms with Crippen molar-refractivity contribution < 1.29 is 32.6 Å². The fourth-order valence-electron chi connectivity index (χ4n) is 4.68. The summed E-state index contributed by atoms with van der Waals surface area (Å²) in [6.45, 7) is 0.456. The van der Waals surface area contributed by atoms with Crippen molar-refractivity contribution >= 4 is 19.7 Å². The van der Waals surface area contributed by atoms with Crippen LogP contribution in [0.2, 0.25) is 0 Å². The van der Waals surface area contributed by atoms with Crippen LogP contribution in [-0.4, -0.2) is 42.4 Å². The average Bonchev–Trinajstić information content (AvgIpc) is 3.75. The first-order valence-electron chi connectivity index (χ1n) is 13.2. The molecule has 0 heterocycles. The van der Waals surface area contributed by atoms with Gasteiger partial charge in [0, 0.05) is 29.5 Å². The zero-order valence-corrected chi connectivity index (χ0v) is 21.8. The van der Waals surface area contributed by atoms with Gasteiger partial charge in [-0.25, -0.2) is 0 Å². The van der Waals surface area contributed by atoms with Crippen LogP contribution in [0, 0.1) is 0 Å². The minimum Gasteiger partial charge on any atom is -0.493 e. The van der Waals surface area contributed by atoms with Crippen LogP contribution < -0.4 is 4.74 Å². The van der Waals surface area contributed by atoms with Gasteiger partial charge in [-0.3, -0.25) is 9.59 Å². The molecule has 1 unspecified atom stereocenters. The maximum atomic E-state index is 13.7. The van der Waals surface area contributed by atoms with Gasteiger partial charge in [0.2, 0.25) is 0 Å². The fraction of sp³-hybridized carbons (Fsp3) is 0.333. The molecule has 1 aliphatic rings. The van der Waals surface area contributed by atoms with Crippen LogP contribution in [0.1, 0.15) is 66.0 Å². The molecule has 1 N–H and O–H groups in total. The first kappa shape index (κ1) is 28.3. The number of rotatable bonds is 12. The van der Waals surface area contributed by atoms with Gasteiger partial charge in [0.15, 0.2) is 0 Å². The quantitative estimate of drug-likeness (QED) is 0.217. The van der Waals surface area contributed by atoms with Gasteiger partial charge >= 0.3 is 12.1 Å². The molecule has 5 nitrogen and oxygen atoms in total. The van der Waals surface area contributed by atoms with Crippen molar-refractivity contribution in [3.8, 4) is 16.9 Å². The molecular weight excluding hydrogens is 506 g/mol. The molecule has 4 rings (SSSR count). The van der Waals surface area contributed by atoms with Gasteiger partial charge in [0.1, 0.15) is 13.6 Å². The molecule has 39 heavy (non-hydrogen) atoms. The Bertz CT molecular complexity index is 1290. The maximum absolute atomic E-state index is 13.7. The van der Waals surface area contributed by atoms with Crippen molar-refractivity contribution in [2.24, 2.45) is 0 Å². The number of nitrogens with zero attached hydrogens (tertiary/aromatic N) is 1. The van der Waals surface area contributed by atoms with E-state index in [2.05, 4.69) is 0 Å². The van der Waals surface area contributed by atoms with E-state index in [1.54, 1.807) is 30.3 Å². The Morgan fingerprint density at radius 2 is 1.67 bits per heavy atom. The highest BCUT2D eigenvalue weighted by Gasteiger charge is 2.37. The van der Waals surface area contributed by atoms with Crippen molar-refractivity contribution in [2.45, 2.75) is 56.7 Å². The summed E-state index contributed by atoms with van der Waals surface area (Å²) in [4.78, 5) is 26.2.